The lowest BCUT2D eigenvalue weighted by Gasteiger charge is -2.27. The lowest BCUT2D eigenvalue weighted by Crippen LogP contribution is -2.44. The van der Waals surface area contributed by atoms with Crippen LogP contribution in [0.4, 0.5) is 11.8 Å². The van der Waals surface area contributed by atoms with Crippen LogP contribution in [0.3, 0.4) is 0 Å². The van der Waals surface area contributed by atoms with Gasteiger partial charge >= 0.3 is 5.97 Å². The molecule has 0 saturated carbocycles. The van der Waals surface area contributed by atoms with Gasteiger partial charge < -0.3 is 20.7 Å². The summed E-state index contributed by atoms with van der Waals surface area (Å²) in [6.45, 7) is 5.49. The number of nitrogens with zero attached hydrogens (tertiary/aromatic N) is 3. The predicted molar refractivity (Wildman–Crippen MR) is 67.5 cm³/mol. The van der Waals surface area contributed by atoms with Gasteiger partial charge in [0.15, 0.2) is 0 Å². The molecular weight excluding hydrogens is 234 g/mol. The number of nitrogens with two attached hydrogens (primary N) is 1. The fourth-order valence-corrected chi connectivity index (χ4v) is 1.77. The summed E-state index contributed by atoms with van der Waals surface area (Å²) in [6, 6.07) is 0. The highest BCUT2D eigenvalue weighted by Gasteiger charge is 2.17. The topological polar surface area (TPSA) is 93.4 Å². The maximum absolute atomic E-state index is 11.5. The zero-order chi connectivity index (χ0) is 13.0. The second kappa shape index (κ2) is 5.63. The molecule has 1 aliphatic rings. The van der Waals surface area contributed by atoms with E-state index < -0.39 is 5.97 Å². The van der Waals surface area contributed by atoms with E-state index in [0.29, 0.717) is 12.6 Å². The Balaban J connectivity index is 2.16. The molecule has 18 heavy (non-hydrogen) atoms. The molecule has 0 atom stereocenters. The van der Waals surface area contributed by atoms with Gasteiger partial charge in [-0.25, -0.2) is 9.78 Å². The molecule has 1 aromatic heterocycles. The zero-order valence-corrected chi connectivity index (χ0v) is 10.3. The van der Waals surface area contributed by atoms with Crippen molar-refractivity contribution in [1.82, 2.24) is 15.3 Å². The molecule has 3 N–H and O–H groups in total. The van der Waals surface area contributed by atoms with Crippen LogP contribution in [-0.4, -0.2) is 48.7 Å². The van der Waals surface area contributed by atoms with Gasteiger partial charge in [-0.15, -0.1) is 0 Å². The Morgan fingerprint density at radius 2 is 2.28 bits per heavy atom. The van der Waals surface area contributed by atoms with Crippen molar-refractivity contribution in [3.63, 3.8) is 0 Å². The molecule has 1 aliphatic heterocycles. The summed E-state index contributed by atoms with van der Waals surface area (Å²) in [5.41, 5.74) is 5.98. The zero-order valence-electron chi connectivity index (χ0n) is 10.3. The molecule has 1 aromatic rings. The first-order valence-electron chi connectivity index (χ1n) is 5.97. The number of ether oxygens (including phenoxy) is 1. The van der Waals surface area contributed by atoms with E-state index >= 15 is 0 Å². The summed E-state index contributed by atoms with van der Waals surface area (Å²) in [4.78, 5) is 21.9. The first kappa shape index (κ1) is 12.6. The number of carbonyl (C=O) groups excluding carboxylic acids is 1. The number of esters is 1. The van der Waals surface area contributed by atoms with E-state index in [4.69, 9.17) is 10.5 Å². The molecule has 0 amide bonds. The first-order valence-corrected chi connectivity index (χ1v) is 5.97. The number of rotatable bonds is 3. The lowest BCUT2D eigenvalue weighted by atomic mass is 10.3. The highest BCUT2D eigenvalue weighted by atomic mass is 16.5. The van der Waals surface area contributed by atoms with Crippen LogP contribution in [0, 0.1) is 0 Å². The molecule has 0 unspecified atom stereocenters. The summed E-state index contributed by atoms with van der Waals surface area (Å²) < 4.78 is 4.87. The van der Waals surface area contributed by atoms with Gasteiger partial charge in [-0.3, -0.25) is 0 Å². The molecule has 0 aromatic carbocycles. The van der Waals surface area contributed by atoms with Crippen molar-refractivity contribution in [2.75, 3.05) is 43.4 Å². The van der Waals surface area contributed by atoms with Crippen molar-refractivity contribution in [2.45, 2.75) is 6.92 Å². The summed E-state index contributed by atoms with van der Waals surface area (Å²) in [5.74, 6) is 0.237. The van der Waals surface area contributed by atoms with Crippen molar-refractivity contribution in [3.05, 3.63) is 11.8 Å². The molecule has 0 spiro atoms. The third-order valence-corrected chi connectivity index (χ3v) is 2.70. The van der Waals surface area contributed by atoms with Crippen LogP contribution in [0.25, 0.3) is 0 Å². The number of nitrogens with one attached hydrogen (secondary N) is 1. The van der Waals surface area contributed by atoms with Crippen molar-refractivity contribution in [1.29, 1.82) is 0 Å². The van der Waals surface area contributed by atoms with E-state index in [1.807, 2.05) is 4.90 Å². The van der Waals surface area contributed by atoms with Gasteiger partial charge in [-0.05, 0) is 6.92 Å². The van der Waals surface area contributed by atoms with E-state index in [1.54, 1.807) is 6.92 Å². The summed E-state index contributed by atoms with van der Waals surface area (Å²) >= 11 is 0. The van der Waals surface area contributed by atoms with Gasteiger partial charge in [0.2, 0.25) is 5.95 Å². The maximum atomic E-state index is 11.5. The standard InChI is InChI=1S/C11H17N5O2/c1-2-18-10(17)8-7-14-11(15-9(8)12)16-5-3-13-4-6-16/h7,13H,2-6H2,1H3,(H2,12,14,15). The number of nitrogen functional groups attached to an aromatic ring is 1. The van der Waals surface area contributed by atoms with Crippen LogP contribution >= 0.6 is 0 Å². The normalized spacial score (nSPS) is 15.5. The second-order valence-electron chi connectivity index (χ2n) is 3.93. The van der Waals surface area contributed by atoms with Gasteiger partial charge in [-0.1, -0.05) is 0 Å². The second-order valence-corrected chi connectivity index (χ2v) is 3.93. The Hall–Kier alpha value is -1.89. The molecule has 0 radical (unpaired) electrons. The Morgan fingerprint density at radius 3 is 2.89 bits per heavy atom. The average molecular weight is 251 g/mol. The minimum Gasteiger partial charge on any atom is -0.462 e. The fraction of sp³-hybridized carbons (Fsp3) is 0.545. The largest absolute Gasteiger partial charge is 0.462 e. The number of anilines is 2. The van der Waals surface area contributed by atoms with Crippen LogP contribution in [0.5, 0.6) is 0 Å². The third kappa shape index (κ3) is 2.67. The van der Waals surface area contributed by atoms with Gasteiger partial charge in [0.05, 0.1) is 6.61 Å². The third-order valence-electron chi connectivity index (χ3n) is 2.70. The van der Waals surface area contributed by atoms with Crippen LogP contribution < -0.4 is 16.0 Å². The molecule has 7 nitrogen and oxygen atoms in total. The smallest absolute Gasteiger partial charge is 0.343 e. The Morgan fingerprint density at radius 1 is 1.56 bits per heavy atom. The number of piperazine rings is 1. The van der Waals surface area contributed by atoms with E-state index in [2.05, 4.69) is 15.3 Å². The lowest BCUT2D eigenvalue weighted by molar-refractivity contribution is 0.0527. The summed E-state index contributed by atoms with van der Waals surface area (Å²) in [6.07, 6.45) is 1.43. The van der Waals surface area contributed by atoms with Crippen molar-refractivity contribution >= 4 is 17.7 Å². The average Bonchev–Trinajstić information content (AvgIpc) is 2.40. The Bertz CT molecular complexity index is 431. The van der Waals surface area contributed by atoms with Crippen LogP contribution in [0.2, 0.25) is 0 Å². The fourth-order valence-electron chi connectivity index (χ4n) is 1.77. The van der Waals surface area contributed by atoms with Gasteiger partial charge in [0.25, 0.3) is 0 Å². The summed E-state index contributed by atoms with van der Waals surface area (Å²) in [7, 11) is 0. The van der Waals surface area contributed by atoms with Crippen molar-refractivity contribution in [2.24, 2.45) is 0 Å². The highest BCUT2D eigenvalue weighted by molar-refractivity contribution is 5.93. The van der Waals surface area contributed by atoms with E-state index in [1.165, 1.54) is 6.20 Å². The van der Waals surface area contributed by atoms with E-state index in [0.717, 1.165) is 26.2 Å². The van der Waals surface area contributed by atoms with Crippen LogP contribution in [-0.2, 0) is 4.74 Å². The molecule has 0 bridgehead atoms. The number of aromatic nitrogens is 2. The SMILES string of the molecule is CCOC(=O)c1cnc(N2CCNCC2)nc1N. The van der Waals surface area contributed by atoms with Crippen molar-refractivity contribution in [3.8, 4) is 0 Å². The van der Waals surface area contributed by atoms with Gasteiger partial charge in [0.1, 0.15) is 11.4 Å². The first-order chi connectivity index (χ1) is 8.72. The van der Waals surface area contributed by atoms with Gasteiger partial charge in [-0.2, -0.15) is 4.98 Å². The highest BCUT2D eigenvalue weighted by Crippen LogP contribution is 2.14. The summed E-state index contributed by atoms with van der Waals surface area (Å²) in [5, 5.41) is 3.24. The Kier molecular flexibility index (Phi) is 3.93. The molecule has 2 rings (SSSR count). The van der Waals surface area contributed by atoms with Crippen molar-refractivity contribution < 1.29 is 9.53 Å². The number of hydrogen-bond donors (Lipinski definition) is 2. The minimum atomic E-state index is -0.484. The minimum absolute atomic E-state index is 0.164. The molecule has 7 heteroatoms. The predicted octanol–water partition coefficient (Wildman–Crippen LogP) is -0.355. The molecule has 2 heterocycles. The van der Waals surface area contributed by atoms with Crippen LogP contribution in [0.1, 0.15) is 17.3 Å². The molecular formula is C11H17N5O2. The molecule has 0 aliphatic carbocycles. The van der Waals surface area contributed by atoms with Gasteiger partial charge in [0, 0.05) is 32.4 Å². The Labute approximate surface area is 105 Å². The maximum Gasteiger partial charge on any atom is 0.343 e. The molecule has 1 saturated heterocycles. The van der Waals surface area contributed by atoms with Crippen LogP contribution in [0.15, 0.2) is 6.20 Å². The molecule has 98 valence electrons. The molecule has 1 fully saturated rings. The monoisotopic (exact) mass is 251 g/mol. The number of hydrogen-bond acceptors (Lipinski definition) is 7. The quantitative estimate of drug-likeness (QED) is 0.709. The van der Waals surface area contributed by atoms with E-state index in [-0.39, 0.29) is 11.4 Å². The van der Waals surface area contributed by atoms with E-state index in [9.17, 15) is 4.79 Å². The number of carbonyl (C=O) groups is 1.